The van der Waals surface area contributed by atoms with Crippen LogP contribution >= 0.6 is 23.4 Å². The Hall–Kier alpha value is -2.44. The van der Waals surface area contributed by atoms with E-state index in [0.717, 1.165) is 11.3 Å². The molecule has 0 atom stereocenters. The zero-order valence-electron chi connectivity index (χ0n) is 16.8. The fourth-order valence-electron chi connectivity index (χ4n) is 2.84. The lowest BCUT2D eigenvalue weighted by Crippen LogP contribution is -2.32. The van der Waals surface area contributed by atoms with Gasteiger partial charge in [-0.05, 0) is 66.2 Å². The lowest BCUT2D eigenvalue weighted by molar-refractivity contribution is -0.122. The van der Waals surface area contributed by atoms with E-state index in [-0.39, 0.29) is 5.91 Å². The van der Waals surface area contributed by atoms with Crippen LogP contribution in [0.1, 0.15) is 19.4 Å². The molecule has 1 heterocycles. The first-order valence-electron chi connectivity index (χ1n) is 9.19. The van der Waals surface area contributed by atoms with E-state index in [1.54, 1.807) is 31.3 Å². The molecule has 7 heteroatoms. The molecule has 0 spiro atoms. The molecule has 29 heavy (non-hydrogen) atoms. The average molecular weight is 431 g/mol. The van der Waals surface area contributed by atoms with E-state index in [1.807, 2.05) is 36.4 Å². The number of amides is 1. The maximum absolute atomic E-state index is 13.1. The molecule has 0 saturated carbocycles. The molecule has 0 N–H and O–H groups in total. The van der Waals surface area contributed by atoms with Gasteiger partial charge in [0.2, 0.25) is 0 Å². The number of amidine groups is 1. The van der Waals surface area contributed by atoms with Crippen LogP contribution in [0.15, 0.2) is 52.4 Å². The van der Waals surface area contributed by atoms with Crippen LogP contribution in [0, 0.1) is 5.92 Å². The van der Waals surface area contributed by atoms with Gasteiger partial charge in [-0.2, -0.15) is 0 Å². The number of benzene rings is 2. The molecular weight excluding hydrogens is 408 g/mol. The fourth-order valence-corrected chi connectivity index (χ4v) is 3.96. The molecule has 152 valence electrons. The second-order valence-corrected chi connectivity index (χ2v) is 8.34. The summed E-state index contributed by atoms with van der Waals surface area (Å²) in [5, 5.41) is 1.30. The summed E-state index contributed by atoms with van der Waals surface area (Å²) in [5.74, 6) is 1.61. The molecule has 1 amide bonds. The van der Waals surface area contributed by atoms with Gasteiger partial charge >= 0.3 is 0 Å². The second-order valence-electron chi connectivity index (χ2n) is 6.90. The third-order valence-corrected chi connectivity index (χ3v) is 5.47. The number of hydrogen-bond acceptors (Lipinski definition) is 5. The van der Waals surface area contributed by atoms with Gasteiger partial charge < -0.3 is 9.47 Å². The van der Waals surface area contributed by atoms with Crippen molar-refractivity contribution in [1.29, 1.82) is 0 Å². The van der Waals surface area contributed by atoms with Gasteiger partial charge in [-0.1, -0.05) is 25.4 Å². The van der Waals surface area contributed by atoms with Crippen LogP contribution in [-0.2, 0) is 4.79 Å². The first-order chi connectivity index (χ1) is 13.9. The van der Waals surface area contributed by atoms with Crippen LogP contribution in [0.3, 0.4) is 0 Å². The Morgan fingerprint density at radius 2 is 1.86 bits per heavy atom. The number of aliphatic imine (C=N–C) groups is 1. The largest absolute Gasteiger partial charge is 0.497 e. The summed E-state index contributed by atoms with van der Waals surface area (Å²) < 4.78 is 10.7. The summed E-state index contributed by atoms with van der Waals surface area (Å²) in [5.41, 5.74) is 1.53. The first kappa shape index (κ1) is 21.3. The molecule has 0 aromatic heterocycles. The van der Waals surface area contributed by atoms with Crippen LogP contribution in [0.2, 0.25) is 5.02 Å². The highest BCUT2D eigenvalue weighted by Crippen LogP contribution is 2.37. The number of methoxy groups -OCH3 is 2. The van der Waals surface area contributed by atoms with Crippen molar-refractivity contribution < 1.29 is 14.3 Å². The predicted molar refractivity (Wildman–Crippen MR) is 120 cm³/mol. The topological polar surface area (TPSA) is 51.1 Å². The minimum absolute atomic E-state index is 0.0683. The second kappa shape index (κ2) is 9.37. The minimum Gasteiger partial charge on any atom is -0.497 e. The number of carbonyl (C=O) groups excluding carboxylic acids is 1. The molecule has 2 aromatic carbocycles. The third kappa shape index (κ3) is 5.14. The Morgan fingerprint density at radius 1 is 1.14 bits per heavy atom. The van der Waals surface area contributed by atoms with Gasteiger partial charge in [0.15, 0.2) is 5.17 Å². The van der Waals surface area contributed by atoms with Crippen molar-refractivity contribution >= 4 is 46.2 Å². The fraction of sp³-hybridized carbons (Fsp3) is 0.273. The molecule has 0 aliphatic carbocycles. The lowest BCUT2D eigenvalue weighted by Gasteiger charge is -2.17. The van der Waals surface area contributed by atoms with Gasteiger partial charge in [0.05, 0.1) is 24.8 Å². The highest BCUT2D eigenvalue weighted by Gasteiger charge is 2.34. The van der Waals surface area contributed by atoms with Crippen molar-refractivity contribution in [2.45, 2.75) is 13.8 Å². The Kier molecular flexibility index (Phi) is 6.87. The molecule has 2 aromatic rings. The summed E-state index contributed by atoms with van der Waals surface area (Å²) in [6, 6.07) is 12.7. The normalized spacial score (nSPS) is 16.9. The number of thioether (sulfide) groups is 1. The van der Waals surface area contributed by atoms with E-state index in [1.165, 1.54) is 11.8 Å². The van der Waals surface area contributed by atoms with E-state index in [2.05, 4.69) is 18.8 Å². The van der Waals surface area contributed by atoms with Gasteiger partial charge in [0.25, 0.3) is 5.91 Å². The van der Waals surface area contributed by atoms with Crippen LogP contribution in [0.25, 0.3) is 6.08 Å². The van der Waals surface area contributed by atoms with Crippen LogP contribution in [0.4, 0.5) is 5.69 Å². The smallest absolute Gasteiger partial charge is 0.266 e. The van der Waals surface area contributed by atoms with Crippen molar-refractivity contribution in [2.24, 2.45) is 10.9 Å². The molecule has 0 unspecified atom stereocenters. The Morgan fingerprint density at radius 3 is 2.48 bits per heavy atom. The summed E-state index contributed by atoms with van der Waals surface area (Å²) in [4.78, 5) is 20.1. The molecule has 1 aliphatic rings. The summed E-state index contributed by atoms with van der Waals surface area (Å²) in [7, 11) is 3.21. The number of rotatable bonds is 6. The molecule has 3 rings (SSSR count). The quantitative estimate of drug-likeness (QED) is 0.558. The van der Waals surface area contributed by atoms with E-state index >= 15 is 0 Å². The van der Waals surface area contributed by atoms with Gasteiger partial charge in [0, 0.05) is 17.1 Å². The zero-order chi connectivity index (χ0) is 21.0. The highest BCUT2D eigenvalue weighted by atomic mass is 35.5. The van der Waals surface area contributed by atoms with Gasteiger partial charge in [-0.15, -0.1) is 0 Å². The molecule has 5 nitrogen and oxygen atoms in total. The van der Waals surface area contributed by atoms with Crippen LogP contribution in [-0.4, -0.2) is 36.7 Å². The Bertz CT molecular complexity index is 955. The van der Waals surface area contributed by atoms with Crippen LogP contribution < -0.4 is 9.47 Å². The van der Waals surface area contributed by atoms with Crippen molar-refractivity contribution in [3.8, 4) is 11.5 Å². The summed E-state index contributed by atoms with van der Waals surface area (Å²) in [6.45, 7) is 4.74. The van der Waals surface area contributed by atoms with Gasteiger partial charge in [0.1, 0.15) is 11.5 Å². The van der Waals surface area contributed by atoms with E-state index < -0.39 is 0 Å². The van der Waals surface area contributed by atoms with Crippen molar-refractivity contribution in [3.05, 3.63) is 58.0 Å². The number of carbonyl (C=O) groups is 1. The average Bonchev–Trinajstić information content (AvgIpc) is 2.98. The molecular formula is C22H23ClN2O3S. The standard InChI is InChI=1S/C22H23ClN2O3S/c1-14(2)13-25-21(26)20(12-15-11-18(27-3)9-10-19(15)28-4)29-22(25)24-17-7-5-16(23)6-8-17/h5-12,14H,13H2,1-4H3/b20-12-,24-22?. The molecule has 1 fully saturated rings. The highest BCUT2D eigenvalue weighted by molar-refractivity contribution is 8.18. The molecule has 0 radical (unpaired) electrons. The minimum atomic E-state index is -0.0683. The molecule has 1 saturated heterocycles. The monoisotopic (exact) mass is 430 g/mol. The predicted octanol–water partition coefficient (Wildman–Crippen LogP) is 5.62. The van der Waals surface area contributed by atoms with Gasteiger partial charge in [-0.3, -0.25) is 9.69 Å². The zero-order valence-corrected chi connectivity index (χ0v) is 18.4. The maximum Gasteiger partial charge on any atom is 0.266 e. The Balaban J connectivity index is 2.00. The number of halogens is 1. The Labute approximate surface area is 180 Å². The number of ether oxygens (including phenoxy) is 2. The van der Waals surface area contributed by atoms with Crippen molar-refractivity contribution in [3.63, 3.8) is 0 Å². The van der Waals surface area contributed by atoms with E-state index in [0.29, 0.717) is 39.1 Å². The van der Waals surface area contributed by atoms with Gasteiger partial charge in [-0.25, -0.2) is 4.99 Å². The maximum atomic E-state index is 13.1. The summed E-state index contributed by atoms with van der Waals surface area (Å²) in [6.07, 6.45) is 1.83. The molecule has 0 bridgehead atoms. The molecule has 1 aliphatic heterocycles. The number of hydrogen-bond donors (Lipinski definition) is 0. The van der Waals surface area contributed by atoms with Crippen molar-refractivity contribution in [2.75, 3.05) is 20.8 Å². The summed E-state index contributed by atoms with van der Waals surface area (Å²) >= 11 is 7.32. The first-order valence-corrected chi connectivity index (χ1v) is 10.4. The third-order valence-electron chi connectivity index (χ3n) is 4.21. The van der Waals surface area contributed by atoms with E-state index in [4.69, 9.17) is 21.1 Å². The number of nitrogens with zero attached hydrogens (tertiary/aromatic N) is 2. The SMILES string of the molecule is COc1ccc(OC)c(/C=C2\SC(=Nc3ccc(Cl)cc3)N(CC(C)C)C2=O)c1. The van der Waals surface area contributed by atoms with E-state index in [9.17, 15) is 4.79 Å². The van der Waals surface area contributed by atoms with Crippen LogP contribution in [0.5, 0.6) is 11.5 Å². The van der Waals surface area contributed by atoms with Crippen molar-refractivity contribution in [1.82, 2.24) is 4.90 Å². The lowest BCUT2D eigenvalue weighted by atomic mass is 10.1.